The van der Waals surface area contributed by atoms with Crippen LogP contribution >= 0.6 is 0 Å². The Kier molecular flexibility index (Phi) is 5.84. The van der Waals surface area contributed by atoms with E-state index in [0.717, 1.165) is 9.21 Å². The predicted molar refractivity (Wildman–Crippen MR) is 119 cm³/mol. The third kappa shape index (κ3) is 4.03. The second-order valence-electron chi connectivity index (χ2n) is 7.80. The lowest BCUT2D eigenvalue weighted by Crippen LogP contribution is -2.38. The summed E-state index contributed by atoms with van der Waals surface area (Å²) in [5, 5.41) is 2.60. The van der Waals surface area contributed by atoms with Crippen LogP contribution in [0.15, 0.2) is 71.6 Å². The Balaban J connectivity index is 1.47. The molecule has 0 spiro atoms. The fourth-order valence-corrected chi connectivity index (χ4v) is 5.28. The summed E-state index contributed by atoms with van der Waals surface area (Å²) in [4.78, 5) is 38.6. The number of nitrogens with zero attached hydrogens (tertiary/aromatic N) is 2. The molecule has 0 radical (unpaired) electrons. The molecule has 0 unspecified atom stereocenters. The van der Waals surface area contributed by atoms with E-state index in [1.54, 1.807) is 36.4 Å². The maximum Gasteiger partial charge on any atom is 0.264 e. The summed E-state index contributed by atoms with van der Waals surface area (Å²) in [6.45, 7) is -0.397. The number of carbonyl (C=O) groups is 3. The van der Waals surface area contributed by atoms with Gasteiger partial charge in [0.25, 0.3) is 10.0 Å². The lowest BCUT2D eigenvalue weighted by Gasteiger charge is -2.20. The van der Waals surface area contributed by atoms with E-state index in [0.29, 0.717) is 18.5 Å². The highest BCUT2D eigenvalue weighted by atomic mass is 32.2. The minimum absolute atomic E-state index is 0.00655. The Hall–Kier alpha value is -3.46. The molecule has 1 aliphatic carbocycles. The monoisotopic (exact) mass is 453 g/mol. The fraction of sp³-hybridized carbons (Fsp3) is 0.261. The molecular formula is C23H23N3O5S. The van der Waals surface area contributed by atoms with Crippen molar-refractivity contribution in [2.45, 2.75) is 17.7 Å². The van der Waals surface area contributed by atoms with Crippen LogP contribution in [0.25, 0.3) is 0 Å². The van der Waals surface area contributed by atoms with Crippen LogP contribution < -0.4 is 9.62 Å². The molecule has 3 amide bonds. The molecule has 0 saturated carbocycles. The topological polar surface area (TPSA) is 104 Å². The van der Waals surface area contributed by atoms with E-state index in [1.807, 2.05) is 12.2 Å². The van der Waals surface area contributed by atoms with Gasteiger partial charge in [-0.3, -0.25) is 23.6 Å². The molecule has 4 rings (SSSR count). The van der Waals surface area contributed by atoms with Gasteiger partial charge in [-0.15, -0.1) is 0 Å². The molecule has 0 aromatic heterocycles. The maximum atomic E-state index is 13.0. The van der Waals surface area contributed by atoms with Crippen molar-refractivity contribution in [3.8, 4) is 0 Å². The van der Waals surface area contributed by atoms with Crippen LogP contribution in [0, 0.1) is 11.8 Å². The molecule has 2 aliphatic rings. The van der Waals surface area contributed by atoms with Crippen molar-refractivity contribution in [1.29, 1.82) is 0 Å². The number of benzene rings is 2. The first-order chi connectivity index (χ1) is 15.3. The zero-order chi connectivity index (χ0) is 22.9. The average Bonchev–Trinajstić information content (AvgIpc) is 3.04. The first-order valence-corrected chi connectivity index (χ1v) is 11.7. The maximum absolute atomic E-state index is 13.0. The van der Waals surface area contributed by atoms with Crippen molar-refractivity contribution >= 4 is 39.1 Å². The first-order valence-electron chi connectivity index (χ1n) is 10.2. The normalized spacial score (nSPS) is 20.2. The number of hydrogen-bond donors (Lipinski definition) is 1. The smallest absolute Gasteiger partial charge is 0.264 e. The Morgan fingerprint density at radius 2 is 1.62 bits per heavy atom. The molecule has 2 atom stereocenters. The summed E-state index contributed by atoms with van der Waals surface area (Å²) in [7, 11) is -2.40. The van der Waals surface area contributed by atoms with Crippen molar-refractivity contribution in [1.82, 2.24) is 4.90 Å². The van der Waals surface area contributed by atoms with Crippen molar-refractivity contribution in [3.05, 3.63) is 66.7 Å². The van der Waals surface area contributed by atoms with Crippen molar-refractivity contribution in [3.63, 3.8) is 0 Å². The van der Waals surface area contributed by atoms with Crippen LogP contribution in [0.3, 0.4) is 0 Å². The number of allylic oxidation sites excluding steroid dienone is 2. The van der Waals surface area contributed by atoms with Crippen molar-refractivity contribution in [2.24, 2.45) is 11.8 Å². The zero-order valence-electron chi connectivity index (χ0n) is 17.5. The number of carbonyl (C=O) groups excluding carboxylic acids is 3. The molecule has 1 N–H and O–H groups in total. The van der Waals surface area contributed by atoms with E-state index >= 15 is 0 Å². The quantitative estimate of drug-likeness (QED) is 0.534. The lowest BCUT2D eigenvalue weighted by molar-refractivity contribution is -0.142. The molecule has 8 nitrogen and oxygen atoms in total. The van der Waals surface area contributed by atoms with Gasteiger partial charge in [0, 0.05) is 12.7 Å². The Labute approximate surface area is 186 Å². The molecule has 1 saturated heterocycles. The summed E-state index contributed by atoms with van der Waals surface area (Å²) in [5.74, 6) is -2.03. The molecule has 2 aromatic carbocycles. The number of rotatable bonds is 6. The molecule has 2 aromatic rings. The van der Waals surface area contributed by atoms with E-state index < -0.39 is 34.3 Å². The SMILES string of the molecule is CN(c1ccccc1)S(=O)(=O)c1cccc(NC(=O)CN2C(=O)[C@@H]3CC=CC[C@H]3C2=O)c1. The van der Waals surface area contributed by atoms with Crippen molar-refractivity contribution in [2.75, 3.05) is 23.2 Å². The number of likely N-dealkylation sites (tertiary alicyclic amines) is 1. The summed E-state index contributed by atoms with van der Waals surface area (Å²) < 4.78 is 27.1. The summed E-state index contributed by atoms with van der Waals surface area (Å²) in [6.07, 6.45) is 4.77. The molecule has 0 bridgehead atoms. The second kappa shape index (κ2) is 8.58. The van der Waals surface area contributed by atoms with Crippen LogP contribution in [0.4, 0.5) is 11.4 Å². The number of para-hydroxylation sites is 1. The highest BCUT2D eigenvalue weighted by Crippen LogP contribution is 2.35. The van der Waals surface area contributed by atoms with Crippen LogP contribution in [-0.4, -0.2) is 44.6 Å². The number of fused-ring (bicyclic) bond motifs is 1. The second-order valence-corrected chi connectivity index (χ2v) is 9.77. The van der Waals surface area contributed by atoms with Crippen LogP contribution in [0.1, 0.15) is 12.8 Å². The Bertz CT molecular complexity index is 1170. The summed E-state index contributed by atoms with van der Waals surface area (Å²) in [6, 6.07) is 14.5. The minimum Gasteiger partial charge on any atom is -0.324 e. The Morgan fingerprint density at radius 1 is 1.00 bits per heavy atom. The molecule has 1 aliphatic heterocycles. The highest BCUT2D eigenvalue weighted by Gasteiger charge is 2.47. The molecular weight excluding hydrogens is 430 g/mol. The van der Waals surface area contributed by atoms with Gasteiger partial charge < -0.3 is 5.32 Å². The van der Waals surface area contributed by atoms with E-state index in [4.69, 9.17) is 0 Å². The number of amides is 3. The molecule has 32 heavy (non-hydrogen) atoms. The van der Waals surface area contributed by atoms with Crippen molar-refractivity contribution < 1.29 is 22.8 Å². The molecule has 166 valence electrons. The number of imide groups is 1. The highest BCUT2D eigenvalue weighted by molar-refractivity contribution is 7.92. The van der Waals surface area contributed by atoms with Gasteiger partial charge in [0.15, 0.2) is 0 Å². The zero-order valence-corrected chi connectivity index (χ0v) is 18.3. The average molecular weight is 454 g/mol. The van der Waals surface area contributed by atoms with Gasteiger partial charge in [-0.2, -0.15) is 0 Å². The predicted octanol–water partition coefficient (Wildman–Crippen LogP) is 2.40. The lowest BCUT2D eigenvalue weighted by atomic mass is 9.85. The van der Waals surface area contributed by atoms with E-state index in [1.165, 1.54) is 25.2 Å². The van der Waals surface area contributed by atoms with Crippen LogP contribution in [0.5, 0.6) is 0 Å². The standard InChI is InChI=1S/C23H23N3O5S/c1-25(17-9-3-2-4-10-17)32(30,31)18-11-7-8-16(14-18)24-21(27)15-26-22(28)19-12-5-6-13-20(19)23(26)29/h2-11,14,19-20H,12-13,15H2,1H3,(H,24,27)/t19-,20-/m1/s1. The molecule has 9 heteroatoms. The first kappa shape index (κ1) is 21.8. The van der Waals surface area contributed by atoms with Gasteiger partial charge >= 0.3 is 0 Å². The molecule has 1 fully saturated rings. The number of nitrogens with one attached hydrogen (secondary N) is 1. The largest absolute Gasteiger partial charge is 0.324 e. The third-order valence-electron chi connectivity index (χ3n) is 5.80. The van der Waals surface area contributed by atoms with Gasteiger partial charge in [-0.25, -0.2) is 8.42 Å². The molecule has 1 heterocycles. The van der Waals surface area contributed by atoms with E-state index in [2.05, 4.69) is 5.32 Å². The van der Waals surface area contributed by atoms with Gasteiger partial charge in [0.1, 0.15) is 6.54 Å². The fourth-order valence-electron chi connectivity index (χ4n) is 4.04. The van der Waals surface area contributed by atoms with Crippen LogP contribution in [0.2, 0.25) is 0 Å². The van der Waals surface area contributed by atoms with Gasteiger partial charge in [-0.05, 0) is 43.2 Å². The van der Waals surface area contributed by atoms with Gasteiger partial charge in [0.05, 0.1) is 22.4 Å². The van der Waals surface area contributed by atoms with Gasteiger partial charge in [0.2, 0.25) is 17.7 Å². The Morgan fingerprint density at radius 3 is 2.25 bits per heavy atom. The minimum atomic E-state index is -3.85. The summed E-state index contributed by atoms with van der Waals surface area (Å²) in [5.41, 5.74) is 0.764. The van der Waals surface area contributed by atoms with E-state index in [9.17, 15) is 22.8 Å². The number of anilines is 2. The van der Waals surface area contributed by atoms with Gasteiger partial charge in [-0.1, -0.05) is 36.4 Å². The van der Waals surface area contributed by atoms with Crippen LogP contribution in [-0.2, 0) is 24.4 Å². The number of sulfonamides is 1. The third-order valence-corrected chi connectivity index (χ3v) is 7.58. The van der Waals surface area contributed by atoms with E-state index in [-0.39, 0.29) is 22.4 Å². The number of hydrogen-bond acceptors (Lipinski definition) is 5. The summed E-state index contributed by atoms with van der Waals surface area (Å²) >= 11 is 0.